The van der Waals surface area contributed by atoms with Crippen molar-refractivity contribution in [3.8, 4) is 17.0 Å². The molecule has 0 spiro atoms. The Labute approximate surface area is 171 Å². The van der Waals surface area contributed by atoms with Crippen LogP contribution in [0, 0.1) is 5.82 Å². The zero-order valence-corrected chi connectivity index (χ0v) is 16.9. The van der Waals surface area contributed by atoms with Gasteiger partial charge in [0.25, 0.3) is 15.9 Å². The maximum absolute atomic E-state index is 14.4. The molecule has 2 aromatic carbocycles. The van der Waals surface area contributed by atoms with Crippen LogP contribution >= 0.6 is 11.6 Å². The molecular formula is C18H16ClFN4O4S. The number of rotatable bonds is 6. The van der Waals surface area contributed by atoms with Gasteiger partial charge in [0.05, 0.1) is 34.6 Å². The van der Waals surface area contributed by atoms with E-state index in [9.17, 15) is 17.6 Å². The van der Waals surface area contributed by atoms with Crippen molar-refractivity contribution in [1.82, 2.24) is 19.8 Å². The second kappa shape index (κ2) is 8.19. The minimum Gasteiger partial charge on any atom is -0.497 e. The zero-order valence-electron chi connectivity index (χ0n) is 15.3. The number of amides is 1. The first-order valence-corrected chi connectivity index (χ1v) is 10.0. The monoisotopic (exact) mass is 438 g/mol. The van der Waals surface area contributed by atoms with Crippen molar-refractivity contribution in [2.45, 2.75) is 4.90 Å². The van der Waals surface area contributed by atoms with Crippen LogP contribution in [0.15, 0.2) is 53.8 Å². The number of ether oxygens (including phenoxy) is 1. The molecule has 0 fully saturated rings. The van der Waals surface area contributed by atoms with Gasteiger partial charge in [0.1, 0.15) is 5.75 Å². The van der Waals surface area contributed by atoms with Crippen molar-refractivity contribution < 1.29 is 22.3 Å². The lowest BCUT2D eigenvalue weighted by Crippen LogP contribution is -2.41. The molecular weight excluding hydrogens is 423 g/mol. The molecule has 11 heteroatoms. The molecule has 1 amide bonds. The summed E-state index contributed by atoms with van der Waals surface area (Å²) >= 11 is 5.90. The van der Waals surface area contributed by atoms with E-state index in [0.717, 1.165) is 0 Å². The summed E-state index contributed by atoms with van der Waals surface area (Å²) in [4.78, 5) is 18.3. The highest BCUT2D eigenvalue weighted by atomic mass is 35.5. The molecule has 0 unspecified atom stereocenters. The predicted octanol–water partition coefficient (Wildman–Crippen LogP) is 2.51. The number of aryl methyl sites for hydroxylation is 1. The van der Waals surface area contributed by atoms with Crippen LogP contribution in [-0.4, -0.2) is 31.0 Å². The number of imidazole rings is 1. The predicted molar refractivity (Wildman–Crippen MR) is 104 cm³/mol. The van der Waals surface area contributed by atoms with Gasteiger partial charge < -0.3 is 9.30 Å². The summed E-state index contributed by atoms with van der Waals surface area (Å²) < 4.78 is 45.8. The number of sulfonamides is 1. The number of nitrogens with one attached hydrogen (secondary N) is 2. The van der Waals surface area contributed by atoms with E-state index >= 15 is 0 Å². The van der Waals surface area contributed by atoms with Crippen LogP contribution in [0.2, 0.25) is 5.02 Å². The number of nitrogens with zero attached hydrogens (tertiary/aromatic N) is 2. The average Bonchev–Trinajstić information content (AvgIpc) is 3.14. The summed E-state index contributed by atoms with van der Waals surface area (Å²) in [6, 6.07) is 8.20. The number of benzene rings is 2. The molecule has 0 radical (unpaired) electrons. The Bertz CT molecular complexity index is 1180. The van der Waals surface area contributed by atoms with Gasteiger partial charge in [-0.1, -0.05) is 17.7 Å². The minimum atomic E-state index is -4.11. The zero-order chi connectivity index (χ0) is 21.2. The van der Waals surface area contributed by atoms with Crippen LogP contribution in [0.25, 0.3) is 11.3 Å². The molecule has 29 heavy (non-hydrogen) atoms. The van der Waals surface area contributed by atoms with E-state index < -0.39 is 27.3 Å². The Kier molecular flexibility index (Phi) is 5.87. The largest absolute Gasteiger partial charge is 0.497 e. The number of methoxy groups -OCH3 is 1. The molecule has 1 heterocycles. The molecule has 152 valence electrons. The van der Waals surface area contributed by atoms with Gasteiger partial charge in [-0.05, 0) is 24.3 Å². The normalized spacial score (nSPS) is 11.3. The Hall–Kier alpha value is -2.95. The molecule has 0 atom stereocenters. The quantitative estimate of drug-likeness (QED) is 0.576. The lowest BCUT2D eigenvalue weighted by Gasteiger charge is -2.11. The number of carbonyl (C=O) groups excluding carboxylic acids is 1. The molecule has 0 saturated carbocycles. The molecule has 1 aromatic heterocycles. The lowest BCUT2D eigenvalue weighted by atomic mass is 10.1. The van der Waals surface area contributed by atoms with Crippen LogP contribution < -0.4 is 15.0 Å². The van der Waals surface area contributed by atoms with E-state index in [1.165, 1.54) is 43.8 Å². The molecule has 0 aliphatic rings. The summed E-state index contributed by atoms with van der Waals surface area (Å²) in [5, 5.41) is -0.297. The SMILES string of the molecule is COc1cccc(S(=O)(=O)NNC(=O)c2cc(-c3cn(C)cn3)cc(Cl)c2F)c1. The minimum absolute atomic E-state index is 0.141. The van der Waals surface area contributed by atoms with E-state index in [4.69, 9.17) is 16.3 Å². The summed E-state index contributed by atoms with van der Waals surface area (Å²) in [6.45, 7) is 0. The molecule has 0 aliphatic heterocycles. The number of halogens is 2. The van der Waals surface area contributed by atoms with Crippen molar-refractivity contribution in [1.29, 1.82) is 0 Å². The van der Waals surface area contributed by atoms with Gasteiger partial charge in [-0.2, -0.15) is 0 Å². The van der Waals surface area contributed by atoms with Crippen molar-refractivity contribution in [2.24, 2.45) is 7.05 Å². The Balaban J connectivity index is 1.84. The second-order valence-electron chi connectivity index (χ2n) is 5.98. The Morgan fingerprint density at radius 1 is 1.28 bits per heavy atom. The van der Waals surface area contributed by atoms with Crippen LogP contribution in [-0.2, 0) is 17.1 Å². The number of hydrogen-bond acceptors (Lipinski definition) is 5. The highest BCUT2D eigenvalue weighted by Gasteiger charge is 2.21. The Morgan fingerprint density at radius 3 is 2.69 bits per heavy atom. The molecule has 0 saturated heterocycles. The fourth-order valence-corrected chi connectivity index (χ4v) is 3.57. The fraction of sp³-hybridized carbons (Fsp3) is 0.111. The average molecular weight is 439 g/mol. The van der Waals surface area contributed by atoms with Gasteiger partial charge >= 0.3 is 0 Å². The number of aromatic nitrogens is 2. The molecule has 2 N–H and O–H groups in total. The highest BCUT2D eigenvalue weighted by molar-refractivity contribution is 7.89. The van der Waals surface area contributed by atoms with Gasteiger partial charge in [0.15, 0.2) is 5.82 Å². The van der Waals surface area contributed by atoms with Crippen LogP contribution in [0.5, 0.6) is 5.75 Å². The van der Waals surface area contributed by atoms with Gasteiger partial charge in [-0.15, -0.1) is 4.83 Å². The van der Waals surface area contributed by atoms with Crippen LogP contribution in [0.3, 0.4) is 0 Å². The van der Waals surface area contributed by atoms with E-state index in [1.807, 2.05) is 10.3 Å². The first-order valence-electron chi connectivity index (χ1n) is 8.15. The number of hydrogen-bond donors (Lipinski definition) is 2. The summed E-state index contributed by atoms with van der Waals surface area (Å²) in [6.07, 6.45) is 3.20. The van der Waals surface area contributed by atoms with Crippen molar-refractivity contribution in [2.75, 3.05) is 7.11 Å². The number of carbonyl (C=O) groups is 1. The van der Waals surface area contributed by atoms with E-state index in [1.54, 1.807) is 23.9 Å². The standard InChI is InChI=1S/C18H16ClFN4O4S/c1-24-9-16(21-10-24)11-6-14(17(20)15(19)7-11)18(25)22-23-29(26,27)13-5-3-4-12(8-13)28-2/h3-10,23H,1-2H3,(H,22,25). The van der Waals surface area contributed by atoms with E-state index in [2.05, 4.69) is 4.98 Å². The Morgan fingerprint density at radius 2 is 2.03 bits per heavy atom. The topological polar surface area (TPSA) is 102 Å². The third kappa shape index (κ3) is 4.56. The third-order valence-corrected chi connectivity index (χ3v) is 5.44. The van der Waals surface area contributed by atoms with Gasteiger partial charge in [0.2, 0.25) is 0 Å². The van der Waals surface area contributed by atoms with Crippen LogP contribution in [0.4, 0.5) is 4.39 Å². The molecule has 8 nitrogen and oxygen atoms in total. The van der Waals surface area contributed by atoms with Crippen LogP contribution in [0.1, 0.15) is 10.4 Å². The second-order valence-corrected chi connectivity index (χ2v) is 8.07. The fourth-order valence-electron chi connectivity index (χ4n) is 2.47. The van der Waals surface area contributed by atoms with Crippen molar-refractivity contribution in [3.05, 3.63) is 65.3 Å². The number of hydrazine groups is 1. The van der Waals surface area contributed by atoms with E-state index in [-0.39, 0.29) is 9.92 Å². The first-order chi connectivity index (χ1) is 13.7. The van der Waals surface area contributed by atoms with E-state index in [0.29, 0.717) is 17.0 Å². The maximum Gasteiger partial charge on any atom is 0.269 e. The highest BCUT2D eigenvalue weighted by Crippen LogP contribution is 2.27. The molecule has 0 bridgehead atoms. The van der Waals surface area contributed by atoms with Gasteiger partial charge in [0, 0.05) is 24.9 Å². The summed E-state index contributed by atoms with van der Waals surface area (Å²) in [5.41, 5.74) is 2.42. The van der Waals surface area contributed by atoms with Crippen molar-refractivity contribution in [3.63, 3.8) is 0 Å². The maximum atomic E-state index is 14.4. The molecule has 3 aromatic rings. The summed E-state index contributed by atoms with van der Waals surface area (Å²) in [5.74, 6) is -1.68. The third-order valence-electron chi connectivity index (χ3n) is 3.92. The lowest BCUT2D eigenvalue weighted by molar-refractivity contribution is 0.0941. The first kappa shape index (κ1) is 20.8. The van der Waals surface area contributed by atoms with Crippen molar-refractivity contribution >= 4 is 27.5 Å². The summed E-state index contributed by atoms with van der Waals surface area (Å²) in [7, 11) is -0.967. The van der Waals surface area contributed by atoms with Gasteiger partial charge in [-0.3, -0.25) is 10.2 Å². The molecule has 3 rings (SSSR count). The van der Waals surface area contributed by atoms with Gasteiger partial charge in [-0.25, -0.2) is 17.8 Å². The smallest absolute Gasteiger partial charge is 0.269 e. The molecule has 0 aliphatic carbocycles.